The Kier molecular flexibility index (Phi) is 4.84. The number of halogens is 3. The van der Waals surface area contributed by atoms with Gasteiger partial charge in [-0.25, -0.2) is 0 Å². The van der Waals surface area contributed by atoms with E-state index < -0.39 is 12.1 Å². The Hall–Kier alpha value is -1.96. The number of nitrogens with one attached hydrogen (secondary N) is 1. The Balaban J connectivity index is 1.47. The summed E-state index contributed by atoms with van der Waals surface area (Å²) in [4.78, 5) is 13.6. The maximum atomic E-state index is 12.8. The Morgan fingerprint density at radius 1 is 1.29 bits per heavy atom. The average Bonchev–Trinajstić information content (AvgIpc) is 3.00. The van der Waals surface area contributed by atoms with Crippen LogP contribution in [0.5, 0.6) is 11.5 Å². The largest absolute Gasteiger partial charge is 0.454 e. The fourth-order valence-electron chi connectivity index (χ4n) is 2.98. The maximum Gasteiger partial charge on any atom is 0.393 e. The van der Waals surface area contributed by atoms with Gasteiger partial charge in [0.15, 0.2) is 11.5 Å². The molecule has 1 aromatic rings. The fraction of sp³-hybridized carbons (Fsp3) is 0.562. The van der Waals surface area contributed by atoms with Crippen LogP contribution >= 0.6 is 0 Å². The molecular formula is C16H19F3N2O3. The molecule has 1 unspecified atom stereocenters. The molecule has 3 rings (SSSR count). The van der Waals surface area contributed by atoms with Gasteiger partial charge >= 0.3 is 6.18 Å². The number of alkyl halides is 3. The molecule has 1 amide bonds. The molecule has 2 heterocycles. The van der Waals surface area contributed by atoms with Crippen LogP contribution in [0.15, 0.2) is 18.2 Å². The van der Waals surface area contributed by atoms with Crippen molar-refractivity contribution in [2.24, 2.45) is 5.92 Å². The lowest BCUT2D eigenvalue weighted by atomic mass is 9.97. The van der Waals surface area contributed by atoms with Gasteiger partial charge in [-0.2, -0.15) is 13.2 Å². The van der Waals surface area contributed by atoms with E-state index in [4.69, 9.17) is 9.47 Å². The van der Waals surface area contributed by atoms with Gasteiger partial charge < -0.3 is 14.8 Å². The number of amides is 1. The van der Waals surface area contributed by atoms with Gasteiger partial charge in [-0.1, -0.05) is 6.07 Å². The average molecular weight is 344 g/mol. The van der Waals surface area contributed by atoms with Crippen LogP contribution in [-0.4, -0.2) is 43.4 Å². The van der Waals surface area contributed by atoms with E-state index in [1.807, 2.05) is 6.07 Å². The summed E-state index contributed by atoms with van der Waals surface area (Å²) in [7, 11) is 0. The zero-order valence-electron chi connectivity index (χ0n) is 13.1. The molecule has 0 radical (unpaired) electrons. The Bertz CT molecular complexity index is 607. The van der Waals surface area contributed by atoms with Crippen LogP contribution in [0.1, 0.15) is 18.4 Å². The van der Waals surface area contributed by atoms with Crippen molar-refractivity contribution in [3.63, 3.8) is 0 Å². The highest BCUT2D eigenvalue weighted by Crippen LogP contribution is 2.33. The molecule has 8 heteroatoms. The van der Waals surface area contributed by atoms with Gasteiger partial charge in [-0.3, -0.25) is 9.69 Å². The number of benzene rings is 1. The minimum Gasteiger partial charge on any atom is -0.454 e. The van der Waals surface area contributed by atoms with Crippen molar-refractivity contribution in [1.82, 2.24) is 10.2 Å². The first-order valence-corrected chi connectivity index (χ1v) is 7.86. The third kappa shape index (κ3) is 4.11. The number of carbonyl (C=O) groups excluding carboxylic acids is 1. The summed E-state index contributed by atoms with van der Waals surface area (Å²) in [6, 6.07) is 5.36. The quantitative estimate of drug-likeness (QED) is 0.911. The molecule has 0 aromatic heterocycles. The number of piperidine rings is 1. The molecular weight excluding hydrogens is 325 g/mol. The van der Waals surface area contributed by atoms with Crippen LogP contribution in [0.4, 0.5) is 13.2 Å². The molecule has 24 heavy (non-hydrogen) atoms. The smallest absolute Gasteiger partial charge is 0.393 e. The molecule has 1 fully saturated rings. The molecule has 132 valence electrons. The summed E-state index contributed by atoms with van der Waals surface area (Å²) >= 11 is 0. The number of hydrogen-bond donors (Lipinski definition) is 1. The molecule has 0 saturated carbocycles. The number of ether oxygens (including phenoxy) is 2. The molecule has 5 nitrogen and oxygen atoms in total. The second-order valence-electron chi connectivity index (χ2n) is 6.08. The van der Waals surface area contributed by atoms with E-state index >= 15 is 0 Å². The van der Waals surface area contributed by atoms with E-state index in [1.165, 1.54) is 0 Å². The molecule has 0 aliphatic carbocycles. The van der Waals surface area contributed by atoms with Gasteiger partial charge in [0.1, 0.15) is 0 Å². The van der Waals surface area contributed by atoms with Gasteiger partial charge in [0.05, 0.1) is 12.5 Å². The lowest BCUT2D eigenvalue weighted by molar-refractivity contribution is -0.187. The zero-order valence-corrected chi connectivity index (χ0v) is 13.1. The molecule has 1 atom stereocenters. The lowest BCUT2D eigenvalue weighted by Gasteiger charge is -2.33. The SMILES string of the molecule is O=C(CN1CCCC(C(F)(F)F)C1)NCc1ccc2c(c1)OCO2. The highest BCUT2D eigenvalue weighted by molar-refractivity contribution is 5.78. The molecule has 0 bridgehead atoms. The Morgan fingerprint density at radius 3 is 2.88 bits per heavy atom. The highest BCUT2D eigenvalue weighted by atomic mass is 19.4. The van der Waals surface area contributed by atoms with Gasteiger partial charge in [0.2, 0.25) is 12.7 Å². The Labute approximate surface area is 137 Å². The van der Waals surface area contributed by atoms with Crippen molar-refractivity contribution in [2.75, 3.05) is 26.4 Å². The highest BCUT2D eigenvalue weighted by Gasteiger charge is 2.41. The second kappa shape index (κ2) is 6.88. The standard InChI is InChI=1S/C16H19F3N2O3/c17-16(18,19)12-2-1-5-21(8-12)9-15(22)20-7-11-3-4-13-14(6-11)24-10-23-13/h3-4,6,12H,1-2,5,7-10H2,(H,20,22). The predicted molar refractivity (Wildman–Crippen MR) is 79.6 cm³/mol. The number of fused-ring (bicyclic) bond motifs is 1. The zero-order chi connectivity index (χ0) is 17.2. The van der Waals surface area contributed by atoms with Gasteiger partial charge in [-0.05, 0) is 37.1 Å². The molecule has 2 aliphatic rings. The van der Waals surface area contributed by atoms with Crippen LogP contribution in [-0.2, 0) is 11.3 Å². The summed E-state index contributed by atoms with van der Waals surface area (Å²) in [5.74, 6) is -0.328. The maximum absolute atomic E-state index is 12.8. The van der Waals surface area contributed by atoms with Crippen molar-refractivity contribution in [1.29, 1.82) is 0 Å². The van der Waals surface area contributed by atoms with E-state index in [0.717, 1.165) is 5.56 Å². The Morgan fingerprint density at radius 2 is 2.08 bits per heavy atom. The van der Waals surface area contributed by atoms with E-state index in [0.29, 0.717) is 31.0 Å². The summed E-state index contributed by atoms with van der Waals surface area (Å²) in [6.45, 7) is 0.870. The molecule has 1 saturated heterocycles. The van der Waals surface area contributed by atoms with E-state index in [1.54, 1.807) is 17.0 Å². The first-order chi connectivity index (χ1) is 11.4. The number of likely N-dealkylation sites (tertiary alicyclic amines) is 1. The number of nitrogens with zero attached hydrogens (tertiary/aromatic N) is 1. The van der Waals surface area contributed by atoms with E-state index in [-0.39, 0.29) is 32.2 Å². The number of hydrogen-bond acceptors (Lipinski definition) is 4. The summed E-state index contributed by atoms with van der Waals surface area (Å²) in [5.41, 5.74) is 0.847. The van der Waals surface area contributed by atoms with Gasteiger partial charge in [0.25, 0.3) is 0 Å². The summed E-state index contributed by atoms with van der Waals surface area (Å²) < 4.78 is 48.8. The topological polar surface area (TPSA) is 50.8 Å². The normalized spacial score (nSPS) is 20.9. The minimum absolute atomic E-state index is 0.0167. The first-order valence-electron chi connectivity index (χ1n) is 7.86. The lowest BCUT2D eigenvalue weighted by Crippen LogP contribution is -2.45. The van der Waals surface area contributed by atoms with E-state index in [2.05, 4.69) is 5.32 Å². The van der Waals surface area contributed by atoms with Crippen molar-refractivity contribution in [2.45, 2.75) is 25.6 Å². The van der Waals surface area contributed by atoms with Crippen LogP contribution in [0.25, 0.3) is 0 Å². The minimum atomic E-state index is -4.19. The second-order valence-corrected chi connectivity index (χ2v) is 6.08. The molecule has 0 spiro atoms. The van der Waals surface area contributed by atoms with Crippen molar-refractivity contribution in [3.05, 3.63) is 23.8 Å². The van der Waals surface area contributed by atoms with Crippen LogP contribution in [0.2, 0.25) is 0 Å². The molecule has 2 aliphatic heterocycles. The van der Waals surface area contributed by atoms with Gasteiger partial charge in [-0.15, -0.1) is 0 Å². The number of carbonyl (C=O) groups is 1. The van der Waals surface area contributed by atoms with Crippen molar-refractivity contribution < 1.29 is 27.4 Å². The van der Waals surface area contributed by atoms with Crippen LogP contribution in [0, 0.1) is 5.92 Å². The summed E-state index contributed by atoms with van der Waals surface area (Å²) in [6.07, 6.45) is -3.60. The summed E-state index contributed by atoms with van der Waals surface area (Å²) in [5, 5.41) is 2.73. The van der Waals surface area contributed by atoms with Crippen LogP contribution < -0.4 is 14.8 Å². The molecule has 1 aromatic carbocycles. The van der Waals surface area contributed by atoms with E-state index in [9.17, 15) is 18.0 Å². The monoisotopic (exact) mass is 344 g/mol. The third-order valence-electron chi connectivity index (χ3n) is 4.26. The fourth-order valence-corrected chi connectivity index (χ4v) is 2.98. The molecule has 1 N–H and O–H groups in total. The van der Waals surface area contributed by atoms with Crippen molar-refractivity contribution >= 4 is 5.91 Å². The predicted octanol–water partition coefficient (Wildman–Crippen LogP) is 2.31. The third-order valence-corrected chi connectivity index (χ3v) is 4.26. The number of rotatable bonds is 4. The first kappa shape index (κ1) is 16.9. The van der Waals surface area contributed by atoms with Gasteiger partial charge in [0, 0.05) is 13.1 Å². The van der Waals surface area contributed by atoms with Crippen LogP contribution in [0.3, 0.4) is 0 Å². The van der Waals surface area contributed by atoms with Crippen molar-refractivity contribution in [3.8, 4) is 11.5 Å².